The van der Waals surface area contributed by atoms with Crippen molar-refractivity contribution < 1.29 is 4.74 Å². The maximum atomic E-state index is 5.32. The van der Waals surface area contributed by atoms with Crippen molar-refractivity contribution in [2.45, 2.75) is 25.3 Å². The monoisotopic (exact) mass is 245 g/mol. The largest absolute Gasteiger partial charge is 0.497 e. The Kier molecular flexibility index (Phi) is 2.55. The second-order valence-electron chi connectivity index (χ2n) is 5.22. The van der Waals surface area contributed by atoms with E-state index in [2.05, 4.69) is 24.4 Å². The Morgan fingerprint density at radius 2 is 2.28 bits per heavy atom. The summed E-state index contributed by atoms with van der Waals surface area (Å²) in [5.41, 5.74) is 2.28. The third-order valence-electron chi connectivity index (χ3n) is 3.95. The number of benzene rings is 1. The Labute approximate surface area is 107 Å². The first-order valence-electron chi connectivity index (χ1n) is 6.40. The second-order valence-corrected chi connectivity index (χ2v) is 5.22. The maximum Gasteiger partial charge on any atom is 0.119 e. The number of nitrogens with one attached hydrogen (secondary N) is 1. The molecule has 0 spiro atoms. The quantitative estimate of drug-likeness (QED) is 0.881. The standard InChI is InChI=1S/C14H19N3O/c1-14(7-4-8-15-14)13-11-9-10(18-3)5-6-12(11)17(2)16-13/h5-6,9,15H,4,7-8H2,1-3H3. The number of methoxy groups -OCH3 is 1. The first-order valence-corrected chi connectivity index (χ1v) is 6.40. The summed E-state index contributed by atoms with van der Waals surface area (Å²) in [5.74, 6) is 0.887. The lowest BCUT2D eigenvalue weighted by Gasteiger charge is -2.22. The van der Waals surface area contributed by atoms with Gasteiger partial charge in [-0.1, -0.05) is 0 Å². The minimum Gasteiger partial charge on any atom is -0.497 e. The molecule has 4 heteroatoms. The summed E-state index contributed by atoms with van der Waals surface area (Å²) in [7, 11) is 3.70. The second kappa shape index (κ2) is 3.99. The molecule has 1 atom stereocenters. The summed E-state index contributed by atoms with van der Waals surface area (Å²) in [6.07, 6.45) is 2.34. The van der Waals surface area contributed by atoms with Crippen molar-refractivity contribution in [2.24, 2.45) is 7.05 Å². The van der Waals surface area contributed by atoms with Crippen molar-refractivity contribution in [3.8, 4) is 5.75 Å². The highest BCUT2D eigenvalue weighted by Crippen LogP contribution is 2.35. The van der Waals surface area contributed by atoms with Gasteiger partial charge in [-0.3, -0.25) is 4.68 Å². The van der Waals surface area contributed by atoms with Gasteiger partial charge in [0.05, 0.1) is 23.9 Å². The summed E-state index contributed by atoms with van der Waals surface area (Å²) >= 11 is 0. The molecule has 0 radical (unpaired) electrons. The lowest BCUT2D eigenvalue weighted by molar-refractivity contribution is 0.413. The molecule has 0 amide bonds. The fourth-order valence-corrected chi connectivity index (χ4v) is 2.88. The van der Waals surface area contributed by atoms with Crippen LogP contribution in [0.2, 0.25) is 0 Å². The first kappa shape index (κ1) is 11.5. The zero-order chi connectivity index (χ0) is 12.8. The molecule has 18 heavy (non-hydrogen) atoms. The van der Waals surface area contributed by atoms with Crippen LogP contribution in [0.5, 0.6) is 5.75 Å². The number of rotatable bonds is 2. The fraction of sp³-hybridized carbons (Fsp3) is 0.500. The Hall–Kier alpha value is -1.55. The highest BCUT2D eigenvalue weighted by molar-refractivity contribution is 5.84. The van der Waals surface area contributed by atoms with Crippen molar-refractivity contribution in [1.82, 2.24) is 15.1 Å². The van der Waals surface area contributed by atoms with E-state index >= 15 is 0 Å². The van der Waals surface area contributed by atoms with Crippen LogP contribution in [-0.2, 0) is 12.6 Å². The lowest BCUT2D eigenvalue weighted by Crippen LogP contribution is -2.33. The summed E-state index contributed by atoms with van der Waals surface area (Å²) < 4.78 is 7.28. The van der Waals surface area contributed by atoms with E-state index in [9.17, 15) is 0 Å². The number of aryl methyl sites for hydroxylation is 1. The first-order chi connectivity index (χ1) is 8.64. The van der Waals surface area contributed by atoms with Gasteiger partial charge < -0.3 is 10.1 Å². The van der Waals surface area contributed by atoms with Crippen molar-refractivity contribution in [1.29, 1.82) is 0 Å². The van der Waals surface area contributed by atoms with E-state index in [0.717, 1.165) is 29.9 Å². The molecule has 96 valence electrons. The molecular weight excluding hydrogens is 226 g/mol. The Balaban J connectivity index is 2.22. The van der Waals surface area contributed by atoms with E-state index in [1.165, 1.54) is 11.8 Å². The van der Waals surface area contributed by atoms with Gasteiger partial charge >= 0.3 is 0 Å². The normalized spacial score (nSPS) is 23.7. The summed E-state index contributed by atoms with van der Waals surface area (Å²) in [5, 5.41) is 9.48. The number of hydrogen-bond acceptors (Lipinski definition) is 3. The molecule has 0 aliphatic carbocycles. The predicted molar refractivity (Wildman–Crippen MR) is 71.9 cm³/mol. The van der Waals surface area contributed by atoms with E-state index in [1.807, 2.05) is 17.8 Å². The predicted octanol–water partition coefficient (Wildman–Crippen LogP) is 2.18. The molecule has 1 unspecified atom stereocenters. The molecule has 2 heterocycles. The van der Waals surface area contributed by atoms with Gasteiger partial charge in [-0.05, 0) is 44.5 Å². The number of hydrogen-bond donors (Lipinski definition) is 1. The van der Waals surface area contributed by atoms with Gasteiger partial charge in [0.25, 0.3) is 0 Å². The average molecular weight is 245 g/mol. The number of ether oxygens (including phenoxy) is 1. The molecule has 1 saturated heterocycles. The van der Waals surface area contributed by atoms with Crippen LogP contribution in [-0.4, -0.2) is 23.4 Å². The van der Waals surface area contributed by atoms with Crippen molar-refractivity contribution in [2.75, 3.05) is 13.7 Å². The minimum absolute atomic E-state index is 0.00806. The van der Waals surface area contributed by atoms with Crippen LogP contribution < -0.4 is 10.1 Å². The minimum atomic E-state index is -0.00806. The SMILES string of the molecule is COc1ccc2c(c1)c(C1(C)CCCN1)nn2C. The van der Waals surface area contributed by atoms with Gasteiger partial charge in [0.2, 0.25) is 0 Å². The zero-order valence-electron chi connectivity index (χ0n) is 11.2. The van der Waals surface area contributed by atoms with Crippen LogP contribution in [0, 0.1) is 0 Å². The summed E-state index contributed by atoms with van der Waals surface area (Å²) in [6.45, 7) is 3.31. The average Bonchev–Trinajstić information content (AvgIpc) is 2.95. The van der Waals surface area contributed by atoms with E-state index in [0.29, 0.717) is 0 Å². The van der Waals surface area contributed by atoms with Crippen LogP contribution in [0.15, 0.2) is 18.2 Å². The van der Waals surface area contributed by atoms with E-state index in [4.69, 9.17) is 9.84 Å². The van der Waals surface area contributed by atoms with Gasteiger partial charge in [-0.15, -0.1) is 0 Å². The van der Waals surface area contributed by atoms with Crippen LogP contribution in [0.3, 0.4) is 0 Å². The molecule has 0 bridgehead atoms. The van der Waals surface area contributed by atoms with Crippen molar-refractivity contribution >= 4 is 10.9 Å². The molecule has 4 nitrogen and oxygen atoms in total. The van der Waals surface area contributed by atoms with Crippen LogP contribution in [0.4, 0.5) is 0 Å². The molecule has 1 aliphatic heterocycles. The maximum absolute atomic E-state index is 5.32. The molecule has 3 rings (SSSR count). The highest BCUT2D eigenvalue weighted by atomic mass is 16.5. The summed E-state index contributed by atoms with van der Waals surface area (Å²) in [4.78, 5) is 0. The van der Waals surface area contributed by atoms with Crippen molar-refractivity contribution in [3.63, 3.8) is 0 Å². The number of fused-ring (bicyclic) bond motifs is 1. The topological polar surface area (TPSA) is 39.1 Å². The molecule has 1 aromatic carbocycles. The lowest BCUT2D eigenvalue weighted by atomic mass is 9.93. The summed E-state index contributed by atoms with van der Waals surface area (Å²) in [6, 6.07) is 6.14. The molecule has 2 aromatic rings. The van der Waals surface area contributed by atoms with Gasteiger partial charge in [0, 0.05) is 12.4 Å². The zero-order valence-corrected chi connectivity index (χ0v) is 11.2. The molecule has 1 fully saturated rings. The Bertz CT molecular complexity index is 582. The molecular formula is C14H19N3O. The van der Waals surface area contributed by atoms with E-state index in [-0.39, 0.29) is 5.54 Å². The van der Waals surface area contributed by atoms with E-state index < -0.39 is 0 Å². The molecule has 0 saturated carbocycles. The highest BCUT2D eigenvalue weighted by Gasteiger charge is 2.34. The van der Waals surface area contributed by atoms with Gasteiger partial charge in [0.1, 0.15) is 5.75 Å². The van der Waals surface area contributed by atoms with Gasteiger partial charge in [-0.2, -0.15) is 5.10 Å². The van der Waals surface area contributed by atoms with Crippen LogP contribution >= 0.6 is 0 Å². The Morgan fingerprint density at radius 3 is 2.94 bits per heavy atom. The molecule has 1 N–H and O–H groups in total. The van der Waals surface area contributed by atoms with E-state index in [1.54, 1.807) is 7.11 Å². The van der Waals surface area contributed by atoms with Gasteiger partial charge in [0.15, 0.2) is 0 Å². The smallest absolute Gasteiger partial charge is 0.119 e. The van der Waals surface area contributed by atoms with Crippen molar-refractivity contribution in [3.05, 3.63) is 23.9 Å². The fourth-order valence-electron chi connectivity index (χ4n) is 2.88. The third kappa shape index (κ3) is 1.60. The number of nitrogens with zero attached hydrogens (tertiary/aromatic N) is 2. The van der Waals surface area contributed by atoms with Gasteiger partial charge in [-0.25, -0.2) is 0 Å². The van der Waals surface area contributed by atoms with Crippen LogP contribution in [0.25, 0.3) is 10.9 Å². The molecule has 1 aliphatic rings. The third-order valence-corrected chi connectivity index (χ3v) is 3.95. The Morgan fingerprint density at radius 1 is 1.44 bits per heavy atom. The van der Waals surface area contributed by atoms with Crippen LogP contribution in [0.1, 0.15) is 25.5 Å². The number of aromatic nitrogens is 2. The molecule has 1 aromatic heterocycles.